The van der Waals surface area contributed by atoms with Crippen molar-refractivity contribution in [2.24, 2.45) is 7.05 Å². The monoisotopic (exact) mass is 342 g/mol. The Morgan fingerprint density at radius 2 is 2.04 bits per heavy atom. The SMILES string of the molecule is CCCc1cc(-c2nn3c(-c4cccc(F)c4)nnc3s2)n(C)n1. The Morgan fingerprint density at radius 3 is 2.83 bits per heavy atom. The number of fused-ring (bicyclic) bond motifs is 1. The largest absolute Gasteiger partial charge is 0.265 e. The van der Waals surface area contributed by atoms with E-state index in [-0.39, 0.29) is 5.82 Å². The first-order chi connectivity index (χ1) is 11.7. The van der Waals surface area contributed by atoms with Gasteiger partial charge in [-0.3, -0.25) is 4.68 Å². The molecular weight excluding hydrogens is 327 g/mol. The normalized spacial score (nSPS) is 11.5. The van der Waals surface area contributed by atoms with Gasteiger partial charge in [-0.1, -0.05) is 36.8 Å². The van der Waals surface area contributed by atoms with E-state index in [9.17, 15) is 4.39 Å². The van der Waals surface area contributed by atoms with E-state index in [4.69, 9.17) is 0 Å². The molecule has 4 rings (SSSR count). The number of rotatable bonds is 4. The lowest BCUT2D eigenvalue weighted by molar-refractivity contribution is 0.628. The molecule has 0 aliphatic heterocycles. The van der Waals surface area contributed by atoms with E-state index >= 15 is 0 Å². The highest BCUT2D eigenvalue weighted by atomic mass is 32.1. The number of aromatic nitrogens is 6. The van der Waals surface area contributed by atoms with E-state index in [0.29, 0.717) is 16.3 Å². The van der Waals surface area contributed by atoms with Crippen LogP contribution in [0.2, 0.25) is 0 Å². The van der Waals surface area contributed by atoms with Gasteiger partial charge in [-0.05, 0) is 24.6 Å². The average Bonchev–Trinajstić information content (AvgIpc) is 3.21. The van der Waals surface area contributed by atoms with Crippen molar-refractivity contribution < 1.29 is 4.39 Å². The number of benzene rings is 1. The second-order valence-electron chi connectivity index (χ2n) is 5.53. The number of halogens is 1. The third kappa shape index (κ3) is 2.48. The molecule has 122 valence electrons. The van der Waals surface area contributed by atoms with Gasteiger partial charge in [0.25, 0.3) is 0 Å². The van der Waals surface area contributed by atoms with Gasteiger partial charge in [-0.25, -0.2) is 4.39 Å². The summed E-state index contributed by atoms with van der Waals surface area (Å²) in [6, 6.07) is 8.33. The molecule has 6 nitrogen and oxygen atoms in total. The van der Waals surface area contributed by atoms with E-state index in [2.05, 4.69) is 33.4 Å². The first kappa shape index (κ1) is 14.9. The molecule has 0 saturated carbocycles. The van der Waals surface area contributed by atoms with Gasteiger partial charge in [-0.2, -0.15) is 14.7 Å². The Labute approximate surface area is 141 Å². The summed E-state index contributed by atoms with van der Waals surface area (Å²) < 4.78 is 17.0. The molecule has 0 amide bonds. The van der Waals surface area contributed by atoms with Gasteiger partial charge in [0.05, 0.1) is 11.4 Å². The molecule has 3 aromatic heterocycles. The van der Waals surface area contributed by atoms with E-state index in [1.165, 1.54) is 23.5 Å². The Balaban J connectivity index is 1.80. The van der Waals surface area contributed by atoms with Crippen molar-refractivity contribution in [2.75, 3.05) is 0 Å². The molecule has 0 aliphatic carbocycles. The number of hydrogen-bond acceptors (Lipinski definition) is 5. The van der Waals surface area contributed by atoms with Crippen LogP contribution in [0.15, 0.2) is 30.3 Å². The van der Waals surface area contributed by atoms with Crippen LogP contribution in [0.4, 0.5) is 4.39 Å². The van der Waals surface area contributed by atoms with Crippen molar-refractivity contribution in [1.82, 2.24) is 29.6 Å². The van der Waals surface area contributed by atoms with E-state index < -0.39 is 0 Å². The van der Waals surface area contributed by atoms with E-state index in [1.807, 2.05) is 11.7 Å². The molecule has 24 heavy (non-hydrogen) atoms. The summed E-state index contributed by atoms with van der Waals surface area (Å²) in [5, 5.41) is 18.2. The number of hydrogen-bond donors (Lipinski definition) is 0. The fraction of sp³-hybridized carbons (Fsp3) is 0.250. The summed E-state index contributed by atoms with van der Waals surface area (Å²) in [5.41, 5.74) is 2.64. The second kappa shape index (κ2) is 5.79. The van der Waals surface area contributed by atoms with Crippen LogP contribution in [0.3, 0.4) is 0 Å². The average molecular weight is 342 g/mol. The van der Waals surface area contributed by atoms with E-state index in [0.717, 1.165) is 29.2 Å². The van der Waals surface area contributed by atoms with Crippen molar-refractivity contribution in [3.63, 3.8) is 0 Å². The molecule has 0 aliphatic rings. The molecular formula is C16H15FN6S. The highest BCUT2D eigenvalue weighted by Crippen LogP contribution is 2.28. The van der Waals surface area contributed by atoms with Crippen LogP contribution in [0.1, 0.15) is 19.0 Å². The molecule has 4 aromatic rings. The molecule has 3 heterocycles. The summed E-state index contributed by atoms with van der Waals surface area (Å²) in [6.45, 7) is 2.13. The minimum absolute atomic E-state index is 0.310. The molecule has 0 N–H and O–H groups in total. The van der Waals surface area contributed by atoms with Crippen LogP contribution in [0.25, 0.3) is 27.1 Å². The topological polar surface area (TPSA) is 60.9 Å². The zero-order chi connectivity index (χ0) is 16.7. The molecule has 8 heteroatoms. The summed E-state index contributed by atoms with van der Waals surface area (Å²) >= 11 is 1.44. The quantitative estimate of drug-likeness (QED) is 0.571. The lowest BCUT2D eigenvalue weighted by Gasteiger charge is -1.97. The molecule has 0 unspecified atom stereocenters. The maximum atomic E-state index is 13.5. The number of nitrogens with zero attached hydrogens (tertiary/aromatic N) is 6. The van der Waals surface area contributed by atoms with Crippen LogP contribution in [0.5, 0.6) is 0 Å². The number of aryl methyl sites for hydroxylation is 2. The van der Waals surface area contributed by atoms with E-state index in [1.54, 1.807) is 16.6 Å². The molecule has 0 fully saturated rings. The molecule has 1 aromatic carbocycles. The summed E-state index contributed by atoms with van der Waals surface area (Å²) in [5.74, 6) is 0.221. The van der Waals surface area contributed by atoms with Gasteiger partial charge in [0.1, 0.15) is 5.82 Å². The Hall–Kier alpha value is -2.61. The third-order valence-electron chi connectivity index (χ3n) is 3.73. The van der Waals surface area contributed by atoms with Crippen LogP contribution in [-0.2, 0) is 13.5 Å². The van der Waals surface area contributed by atoms with Crippen LogP contribution < -0.4 is 0 Å². The van der Waals surface area contributed by atoms with Gasteiger partial charge >= 0.3 is 0 Å². The Morgan fingerprint density at radius 1 is 1.17 bits per heavy atom. The molecule has 0 bridgehead atoms. The Bertz CT molecular complexity index is 1010. The highest BCUT2D eigenvalue weighted by Gasteiger charge is 2.17. The Kier molecular flexibility index (Phi) is 3.61. The van der Waals surface area contributed by atoms with Crippen molar-refractivity contribution in [3.8, 4) is 22.1 Å². The van der Waals surface area contributed by atoms with Gasteiger partial charge in [0.15, 0.2) is 10.8 Å². The van der Waals surface area contributed by atoms with Crippen molar-refractivity contribution in [1.29, 1.82) is 0 Å². The smallest absolute Gasteiger partial charge is 0.235 e. The molecule has 0 spiro atoms. The minimum Gasteiger partial charge on any atom is -0.265 e. The third-order valence-corrected chi connectivity index (χ3v) is 4.65. The first-order valence-electron chi connectivity index (χ1n) is 7.67. The van der Waals surface area contributed by atoms with Crippen molar-refractivity contribution in [2.45, 2.75) is 19.8 Å². The second-order valence-corrected chi connectivity index (χ2v) is 6.49. The van der Waals surface area contributed by atoms with Gasteiger partial charge in [0, 0.05) is 12.6 Å². The maximum Gasteiger partial charge on any atom is 0.235 e. The molecule has 0 saturated heterocycles. The zero-order valence-electron chi connectivity index (χ0n) is 13.3. The van der Waals surface area contributed by atoms with Crippen LogP contribution in [0, 0.1) is 5.82 Å². The standard InChI is InChI=1S/C16H15FN6S/c1-3-5-12-9-13(22(2)20-12)15-21-23-14(18-19-16(23)24-15)10-6-4-7-11(17)8-10/h4,6-9H,3,5H2,1-2H3. The highest BCUT2D eigenvalue weighted by molar-refractivity contribution is 7.19. The van der Waals surface area contributed by atoms with Crippen LogP contribution in [-0.4, -0.2) is 29.6 Å². The summed E-state index contributed by atoms with van der Waals surface area (Å²) in [6.07, 6.45) is 1.98. The molecule has 0 atom stereocenters. The van der Waals surface area contributed by atoms with Crippen molar-refractivity contribution in [3.05, 3.63) is 41.8 Å². The van der Waals surface area contributed by atoms with Crippen molar-refractivity contribution >= 4 is 16.3 Å². The predicted molar refractivity (Wildman–Crippen MR) is 90.3 cm³/mol. The lowest BCUT2D eigenvalue weighted by Crippen LogP contribution is -1.96. The fourth-order valence-corrected chi connectivity index (χ4v) is 3.52. The summed E-state index contributed by atoms with van der Waals surface area (Å²) in [7, 11) is 1.91. The minimum atomic E-state index is -0.310. The van der Waals surface area contributed by atoms with Gasteiger partial charge in [0.2, 0.25) is 4.96 Å². The maximum absolute atomic E-state index is 13.5. The zero-order valence-corrected chi connectivity index (χ0v) is 14.1. The first-order valence-corrected chi connectivity index (χ1v) is 8.49. The van der Waals surface area contributed by atoms with Gasteiger partial charge < -0.3 is 0 Å². The predicted octanol–water partition coefficient (Wildman–Crippen LogP) is 3.34. The van der Waals surface area contributed by atoms with Gasteiger partial charge in [-0.15, -0.1) is 10.2 Å². The molecule has 0 radical (unpaired) electrons. The lowest BCUT2D eigenvalue weighted by atomic mass is 10.2. The summed E-state index contributed by atoms with van der Waals surface area (Å²) in [4.78, 5) is 0.669. The van der Waals surface area contributed by atoms with Crippen LogP contribution >= 0.6 is 11.3 Å². The fourth-order valence-electron chi connectivity index (χ4n) is 2.63.